The van der Waals surface area contributed by atoms with Gasteiger partial charge in [0.2, 0.25) is 0 Å². The van der Waals surface area contributed by atoms with E-state index in [2.05, 4.69) is 25.5 Å². The number of aryl methyl sites for hydroxylation is 1. The molecular weight excluding hydrogens is 312 g/mol. The van der Waals surface area contributed by atoms with Gasteiger partial charge in [-0.05, 0) is 19.8 Å². The van der Waals surface area contributed by atoms with E-state index in [4.69, 9.17) is 9.26 Å². The van der Waals surface area contributed by atoms with Crippen molar-refractivity contribution in [2.24, 2.45) is 0 Å². The van der Waals surface area contributed by atoms with Crippen molar-refractivity contribution in [2.75, 3.05) is 6.61 Å². The predicted molar refractivity (Wildman–Crippen MR) is 81.1 cm³/mol. The number of nitrogens with one attached hydrogen (secondary N) is 1. The van der Waals surface area contributed by atoms with Crippen LogP contribution < -0.4 is 5.32 Å². The van der Waals surface area contributed by atoms with Crippen LogP contribution in [0.2, 0.25) is 0 Å². The van der Waals surface area contributed by atoms with Gasteiger partial charge in [0, 0.05) is 18.9 Å². The van der Waals surface area contributed by atoms with E-state index in [-0.39, 0.29) is 18.6 Å². The Morgan fingerprint density at radius 1 is 1.50 bits per heavy atom. The Balaban J connectivity index is 1.45. The molecule has 124 valence electrons. The van der Waals surface area contributed by atoms with Gasteiger partial charge in [-0.25, -0.2) is 9.50 Å². The molecule has 0 unspecified atom stereocenters. The Hall–Kier alpha value is -2.81. The molecule has 1 N–H and O–H groups in total. The number of hydrogen-bond donors (Lipinski definition) is 1. The van der Waals surface area contributed by atoms with Crippen LogP contribution in [0.4, 0.5) is 0 Å². The molecule has 1 amide bonds. The van der Waals surface area contributed by atoms with Gasteiger partial charge >= 0.3 is 0 Å². The van der Waals surface area contributed by atoms with Crippen LogP contribution in [-0.2, 0) is 11.3 Å². The molecule has 4 rings (SSSR count). The van der Waals surface area contributed by atoms with Crippen LogP contribution in [0.3, 0.4) is 0 Å². The van der Waals surface area contributed by atoms with Crippen molar-refractivity contribution >= 4 is 11.6 Å². The normalized spacial score (nSPS) is 17.5. The molecule has 3 aromatic heterocycles. The van der Waals surface area contributed by atoms with Crippen LogP contribution in [-0.4, -0.2) is 37.3 Å². The first-order valence-corrected chi connectivity index (χ1v) is 7.74. The highest BCUT2D eigenvalue weighted by Crippen LogP contribution is 2.26. The molecule has 1 atom stereocenters. The Labute approximate surface area is 137 Å². The summed E-state index contributed by atoms with van der Waals surface area (Å²) in [5.41, 5.74) is 1.87. The molecule has 1 fully saturated rings. The van der Waals surface area contributed by atoms with Crippen molar-refractivity contribution in [1.29, 1.82) is 0 Å². The van der Waals surface area contributed by atoms with Crippen molar-refractivity contribution in [1.82, 2.24) is 30.1 Å². The molecule has 24 heavy (non-hydrogen) atoms. The van der Waals surface area contributed by atoms with Crippen LogP contribution in [0.25, 0.3) is 5.65 Å². The van der Waals surface area contributed by atoms with E-state index in [1.54, 1.807) is 16.8 Å². The second-order valence-electron chi connectivity index (χ2n) is 5.59. The fraction of sp³-hybridized carbons (Fsp3) is 0.400. The highest BCUT2D eigenvalue weighted by molar-refractivity contribution is 5.95. The molecule has 1 aliphatic heterocycles. The van der Waals surface area contributed by atoms with Crippen LogP contribution in [0.15, 0.2) is 23.0 Å². The lowest BCUT2D eigenvalue weighted by atomic mass is 10.2. The third kappa shape index (κ3) is 2.62. The average molecular weight is 328 g/mol. The average Bonchev–Trinajstić information content (AvgIpc) is 3.32. The van der Waals surface area contributed by atoms with Crippen molar-refractivity contribution in [3.63, 3.8) is 0 Å². The number of fused-ring (bicyclic) bond motifs is 1. The number of carbonyl (C=O) groups is 1. The molecule has 0 bridgehead atoms. The summed E-state index contributed by atoms with van der Waals surface area (Å²) in [6.07, 6.45) is 4.92. The number of carbonyl (C=O) groups excluding carboxylic acids is 1. The lowest BCUT2D eigenvalue weighted by Gasteiger charge is -2.07. The summed E-state index contributed by atoms with van der Waals surface area (Å²) < 4.78 is 12.3. The molecular formula is C15H16N6O3. The van der Waals surface area contributed by atoms with Crippen LogP contribution in [0.1, 0.15) is 46.7 Å². The Bertz CT molecular complexity index is 880. The van der Waals surface area contributed by atoms with Gasteiger partial charge in [0.15, 0.2) is 11.5 Å². The number of hydrogen-bond acceptors (Lipinski definition) is 7. The number of nitrogens with zero attached hydrogens (tertiary/aromatic N) is 5. The predicted octanol–water partition coefficient (Wildman–Crippen LogP) is 1.20. The summed E-state index contributed by atoms with van der Waals surface area (Å²) >= 11 is 0. The smallest absolute Gasteiger partial charge is 0.255 e. The van der Waals surface area contributed by atoms with Gasteiger partial charge in [0.05, 0.1) is 24.0 Å². The fourth-order valence-corrected chi connectivity index (χ4v) is 2.71. The van der Waals surface area contributed by atoms with E-state index >= 15 is 0 Å². The first-order valence-electron chi connectivity index (χ1n) is 7.74. The SMILES string of the molecule is Cc1c(C(=O)NCc2noc([C@H]3CCCO3)n2)cnc2ccnn12. The van der Waals surface area contributed by atoms with E-state index in [1.165, 1.54) is 6.20 Å². The first-order chi connectivity index (χ1) is 11.7. The van der Waals surface area contributed by atoms with Gasteiger partial charge < -0.3 is 14.6 Å². The molecule has 0 spiro atoms. The summed E-state index contributed by atoms with van der Waals surface area (Å²) in [5.74, 6) is 0.619. The standard InChI is InChI=1S/C15H16N6O3/c1-9-10(7-16-13-4-5-18-21(9)13)14(22)17-8-12-19-15(24-20-12)11-3-2-6-23-11/h4-5,7,11H,2-3,6,8H2,1H3,(H,17,22)/t11-/m1/s1. The highest BCUT2D eigenvalue weighted by Gasteiger charge is 2.24. The van der Waals surface area contributed by atoms with E-state index in [1.807, 2.05) is 6.92 Å². The molecule has 0 radical (unpaired) electrons. The van der Waals surface area contributed by atoms with Gasteiger partial charge in [0.25, 0.3) is 11.8 Å². The summed E-state index contributed by atoms with van der Waals surface area (Å²) in [7, 11) is 0. The second kappa shape index (κ2) is 6.00. The maximum Gasteiger partial charge on any atom is 0.255 e. The second-order valence-corrected chi connectivity index (χ2v) is 5.59. The minimum atomic E-state index is -0.263. The van der Waals surface area contributed by atoms with Crippen LogP contribution in [0, 0.1) is 6.92 Å². The van der Waals surface area contributed by atoms with Gasteiger partial charge in [-0.1, -0.05) is 5.16 Å². The fourth-order valence-electron chi connectivity index (χ4n) is 2.71. The maximum absolute atomic E-state index is 12.4. The third-order valence-corrected chi connectivity index (χ3v) is 4.00. The topological polar surface area (TPSA) is 107 Å². The van der Waals surface area contributed by atoms with Gasteiger partial charge in [-0.15, -0.1) is 0 Å². The highest BCUT2D eigenvalue weighted by atomic mass is 16.5. The molecule has 0 aliphatic carbocycles. The monoisotopic (exact) mass is 328 g/mol. The van der Waals surface area contributed by atoms with Gasteiger partial charge in [-0.3, -0.25) is 4.79 Å². The van der Waals surface area contributed by atoms with E-state index in [9.17, 15) is 4.79 Å². The van der Waals surface area contributed by atoms with E-state index < -0.39 is 0 Å². The summed E-state index contributed by atoms with van der Waals surface area (Å²) in [6.45, 7) is 2.70. The first kappa shape index (κ1) is 14.8. The molecule has 1 aliphatic rings. The zero-order chi connectivity index (χ0) is 16.5. The quantitative estimate of drug-likeness (QED) is 0.766. The Kier molecular flexibility index (Phi) is 3.69. The Morgan fingerprint density at radius 3 is 3.25 bits per heavy atom. The van der Waals surface area contributed by atoms with Crippen molar-refractivity contribution in [2.45, 2.75) is 32.4 Å². The van der Waals surface area contributed by atoms with Gasteiger partial charge in [0.1, 0.15) is 6.10 Å². The number of ether oxygens (including phenoxy) is 1. The molecule has 4 heterocycles. The zero-order valence-electron chi connectivity index (χ0n) is 13.1. The van der Waals surface area contributed by atoms with E-state index in [0.29, 0.717) is 29.5 Å². The number of rotatable bonds is 4. The van der Waals surface area contributed by atoms with Crippen LogP contribution >= 0.6 is 0 Å². The van der Waals surface area contributed by atoms with Gasteiger partial charge in [-0.2, -0.15) is 10.1 Å². The molecule has 0 aromatic carbocycles. The molecule has 9 heteroatoms. The lowest BCUT2D eigenvalue weighted by molar-refractivity contribution is 0.0835. The minimum absolute atomic E-state index is 0.129. The number of amides is 1. The molecule has 9 nitrogen and oxygen atoms in total. The minimum Gasteiger partial charge on any atom is -0.368 e. The zero-order valence-corrected chi connectivity index (χ0v) is 13.1. The lowest BCUT2D eigenvalue weighted by Crippen LogP contribution is -2.25. The molecule has 0 saturated carbocycles. The van der Waals surface area contributed by atoms with Crippen molar-refractivity contribution < 1.29 is 14.1 Å². The summed E-state index contributed by atoms with van der Waals surface area (Å²) in [6, 6.07) is 1.78. The van der Waals surface area contributed by atoms with E-state index in [0.717, 1.165) is 18.5 Å². The van der Waals surface area contributed by atoms with Crippen molar-refractivity contribution in [3.05, 3.63) is 41.4 Å². The number of aromatic nitrogens is 5. The summed E-state index contributed by atoms with van der Waals surface area (Å²) in [5, 5.41) is 10.8. The largest absolute Gasteiger partial charge is 0.368 e. The van der Waals surface area contributed by atoms with Crippen molar-refractivity contribution in [3.8, 4) is 0 Å². The Morgan fingerprint density at radius 2 is 2.42 bits per heavy atom. The summed E-state index contributed by atoms with van der Waals surface area (Å²) in [4.78, 5) is 20.8. The molecule has 1 saturated heterocycles. The van der Waals surface area contributed by atoms with Crippen LogP contribution in [0.5, 0.6) is 0 Å². The third-order valence-electron chi connectivity index (χ3n) is 4.00. The molecule has 3 aromatic rings. The maximum atomic E-state index is 12.4.